The number of nitrogens with one attached hydrogen (secondary N) is 1. The number of hydrazone groups is 1. The molecule has 1 N–H and O–H groups in total. The zero-order valence-electron chi connectivity index (χ0n) is 12.0. The normalized spacial score (nSPS) is 10.3. The van der Waals surface area contributed by atoms with E-state index in [0.717, 1.165) is 11.3 Å². The summed E-state index contributed by atoms with van der Waals surface area (Å²) in [6.45, 7) is 4.07. The second-order valence-electron chi connectivity index (χ2n) is 4.25. The van der Waals surface area contributed by atoms with Crippen molar-refractivity contribution in [3.05, 3.63) is 66.7 Å². The van der Waals surface area contributed by atoms with Gasteiger partial charge in [-0.15, -0.1) is 0 Å². The van der Waals surface area contributed by atoms with E-state index in [1.165, 1.54) is 0 Å². The molecule has 0 aliphatic rings. The van der Waals surface area contributed by atoms with Crippen molar-refractivity contribution in [1.82, 2.24) is 0 Å². The van der Waals surface area contributed by atoms with E-state index in [2.05, 4.69) is 17.1 Å². The van der Waals surface area contributed by atoms with Crippen LogP contribution in [0.3, 0.4) is 0 Å². The molecule has 2 aromatic carbocycles. The smallest absolute Gasteiger partial charge is 0.161 e. The van der Waals surface area contributed by atoms with E-state index >= 15 is 0 Å². The zero-order valence-corrected chi connectivity index (χ0v) is 12.0. The fourth-order valence-electron chi connectivity index (χ4n) is 1.73. The zero-order chi connectivity index (χ0) is 14.9. The highest BCUT2D eigenvalue weighted by Gasteiger charge is 2.04. The van der Waals surface area contributed by atoms with Crippen LogP contribution in [0, 0.1) is 0 Å². The van der Waals surface area contributed by atoms with E-state index in [-0.39, 0.29) is 0 Å². The second kappa shape index (κ2) is 7.75. The first kappa shape index (κ1) is 14.7. The first-order chi connectivity index (χ1) is 10.3. The van der Waals surface area contributed by atoms with Gasteiger partial charge in [0.25, 0.3) is 0 Å². The average Bonchev–Trinajstić information content (AvgIpc) is 2.54. The Morgan fingerprint density at radius 3 is 2.67 bits per heavy atom. The Morgan fingerprint density at radius 1 is 1.14 bits per heavy atom. The van der Waals surface area contributed by atoms with Gasteiger partial charge in [-0.05, 0) is 35.9 Å². The molecule has 108 valence electrons. The Bertz CT molecular complexity index is 609. The van der Waals surface area contributed by atoms with Gasteiger partial charge in [0.05, 0.1) is 19.0 Å². The lowest BCUT2D eigenvalue weighted by molar-refractivity contribution is 0.326. The SMILES string of the molecule is C=CCOc1ccc(C=NNc2ccccc2)cc1OC. The summed E-state index contributed by atoms with van der Waals surface area (Å²) in [5.41, 5.74) is 4.82. The molecule has 2 rings (SSSR count). The van der Waals surface area contributed by atoms with Gasteiger partial charge in [-0.25, -0.2) is 0 Å². The molecule has 0 aromatic heterocycles. The molecule has 2 aromatic rings. The number of benzene rings is 2. The van der Waals surface area contributed by atoms with Crippen molar-refractivity contribution in [3.8, 4) is 11.5 Å². The minimum absolute atomic E-state index is 0.444. The lowest BCUT2D eigenvalue weighted by Gasteiger charge is -2.09. The number of hydrogen-bond donors (Lipinski definition) is 1. The van der Waals surface area contributed by atoms with Gasteiger partial charge >= 0.3 is 0 Å². The van der Waals surface area contributed by atoms with Crippen LogP contribution in [0.15, 0.2) is 66.3 Å². The van der Waals surface area contributed by atoms with Crippen molar-refractivity contribution in [3.63, 3.8) is 0 Å². The largest absolute Gasteiger partial charge is 0.493 e. The highest BCUT2D eigenvalue weighted by atomic mass is 16.5. The van der Waals surface area contributed by atoms with E-state index < -0.39 is 0 Å². The fourth-order valence-corrected chi connectivity index (χ4v) is 1.73. The highest BCUT2D eigenvalue weighted by Crippen LogP contribution is 2.27. The number of hydrogen-bond acceptors (Lipinski definition) is 4. The monoisotopic (exact) mass is 282 g/mol. The number of para-hydroxylation sites is 1. The Labute approximate surface area is 124 Å². The predicted octanol–water partition coefficient (Wildman–Crippen LogP) is 3.71. The highest BCUT2D eigenvalue weighted by molar-refractivity contribution is 5.81. The molecule has 0 fully saturated rings. The predicted molar refractivity (Wildman–Crippen MR) is 86.3 cm³/mol. The summed E-state index contributed by atoms with van der Waals surface area (Å²) < 4.78 is 10.8. The number of ether oxygens (including phenoxy) is 2. The van der Waals surface area contributed by atoms with Gasteiger partial charge in [0, 0.05) is 0 Å². The Kier molecular flexibility index (Phi) is 5.41. The van der Waals surface area contributed by atoms with Crippen molar-refractivity contribution in [2.75, 3.05) is 19.1 Å². The molecule has 0 aliphatic carbocycles. The van der Waals surface area contributed by atoms with Gasteiger partial charge in [0.15, 0.2) is 11.5 Å². The summed E-state index contributed by atoms with van der Waals surface area (Å²) in [5.74, 6) is 1.35. The Hall–Kier alpha value is -2.75. The maximum Gasteiger partial charge on any atom is 0.161 e. The van der Waals surface area contributed by atoms with E-state index in [1.807, 2.05) is 48.5 Å². The first-order valence-electron chi connectivity index (χ1n) is 6.59. The molecule has 4 nitrogen and oxygen atoms in total. The molecule has 21 heavy (non-hydrogen) atoms. The molecular weight excluding hydrogens is 264 g/mol. The molecular formula is C17H18N2O2. The maximum atomic E-state index is 5.50. The van der Waals surface area contributed by atoms with E-state index in [0.29, 0.717) is 18.1 Å². The van der Waals surface area contributed by atoms with Crippen LogP contribution in [-0.2, 0) is 0 Å². The minimum atomic E-state index is 0.444. The summed E-state index contributed by atoms with van der Waals surface area (Å²) >= 11 is 0. The van der Waals surface area contributed by atoms with Crippen LogP contribution in [0.1, 0.15) is 5.56 Å². The molecule has 0 bridgehead atoms. The standard InChI is InChI=1S/C17H18N2O2/c1-3-11-21-16-10-9-14(12-17(16)20-2)13-18-19-15-7-5-4-6-8-15/h3-10,12-13,19H,1,11H2,2H3. The van der Waals surface area contributed by atoms with E-state index in [9.17, 15) is 0 Å². The molecule has 0 aliphatic heterocycles. The van der Waals surface area contributed by atoms with Crippen molar-refractivity contribution in [2.45, 2.75) is 0 Å². The van der Waals surface area contributed by atoms with Crippen LogP contribution in [0.4, 0.5) is 5.69 Å². The minimum Gasteiger partial charge on any atom is -0.493 e. The van der Waals surface area contributed by atoms with Gasteiger partial charge in [0.2, 0.25) is 0 Å². The lowest BCUT2D eigenvalue weighted by atomic mass is 10.2. The summed E-state index contributed by atoms with van der Waals surface area (Å²) in [6, 6.07) is 15.4. The summed E-state index contributed by atoms with van der Waals surface area (Å²) in [4.78, 5) is 0. The van der Waals surface area contributed by atoms with Crippen LogP contribution >= 0.6 is 0 Å². The van der Waals surface area contributed by atoms with Gasteiger partial charge < -0.3 is 9.47 Å². The molecule has 0 radical (unpaired) electrons. The van der Waals surface area contributed by atoms with Gasteiger partial charge in [0.1, 0.15) is 6.61 Å². The first-order valence-corrected chi connectivity index (χ1v) is 6.59. The van der Waals surface area contributed by atoms with E-state index in [4.69, 9.17) is 9.47 Å². The van der Waals surface area contributed by atoms with Gasteiger partial charge in [-0.3, -0.25) is 5.43 Å². The molecule has 0 heterocycles. The molecule has 4 heteroatoms. The third kappa shape index (κ3) is 4.38. The van der Waals surface area contributed by atoms with Crippen molar-refractivity contribution in [1.29, 1.82) is 0 Å². The van der Waals surface area contributed by atoms with Crippen molar-refractivity contribution in [2.24, 2.45) is 5.10 Å². The van der Waals surface area contributed by atoms with Crippen molar-refractivity contribution < 1.29 is 9.47 Å². The lowest BCUT2D eigenvalue weighted by Crippen LogP contribution is -1.97. The number of methoxy groups -OCH3 is 1. The summed E-state index contributed by atoms with van der Waals surface area (Å²) in [5, 5.41) is 4.19. The fraction of sp³-hybridized carbons (Fsp3) is 0.118. The van der Waals surface area contributed by atoms with Gasteiger partial charge in [-0.1, -0.05) is 30.9 Å². The van der Waals surface area contributed by atoms with Crippen LogP contribution in [0.25, 0.3) is 0 Å². The third-order valence-electron chi connectivity index (χ3n) is 2.73. The molecule has 0 atom stereocenters. The van der Waals surface area contributed by atoms with Crippen LogP contribution in [0.5, 0.6) is 11.5 Å². The van der Waals surface area contributed by atoms with E-state index in [1.54, 1.807) is 19.4 Å². The maximum absolute atomic E-state index is 5.50. The summed E-state index contributed by atoms with van der Waals surface area (Å²) in [6.07, 6.45) is 3.42. The molecule has 0 saturated carbocycles. The number of anilines is 1. The second-order valence-corrected chi connectivity index (χ2v) is 4.25. The quantitative estimate of drug-likeness (QED) is 0.478. The van der Waals surface area contributed by atoms with Crippen LogP contribution < -0.4 is 14.9 Å². The average molecular weight is 282 g/mol. The Balaban J connectivity index is 2.04. The topological polar surface area (TPSA) is 42.8 Å². The van der Waals surface area contributed by atoms with Crippen LogP contribution in [-0.4, -0.2) is 19.9 Å². The Morgan fingerprint density at radius 2 is 1.95 bits per heavy atom. The molecule has 0 saturated heterocycles. The van der Waals surface area contributed by atoms with Crippen molar-refractivity contribution >= 4 is 11.9 Å². The summed E-state index contributed by atoms with van der Waals surface area (Å²) in [7, 11) is 1.61. The van der Waals surface area contributed by atoms with Crippen LogP contribution in [0.2, 0.25) is 0 Å². The number of rotatable bonds is 7. The third-order valence-corrected chi connectivity index (χ3v) is 2.73. The molecule has 0 unspecified atom stereocenters. The molecule has 0 spiro atoms. The molecule has 0 amide bonds. The number of nitrogens with zero attached hydrogens (tertiary/aromatic N) is 1. The van der Waals surface area contributed by atoms with Gasteiger partial charge in [-0.2, -0.15) is 5.10 Å².